The van der Waals surface area contributed by atoms with Crippen molar-refractivity contribution >= 4 is 83.2 Å². The van der Waals surface area contributed by atoms with Crippen molar-refractivity contribution in [1.82, 2.24) is 9.13 Å². The molecule has 9 aromatic carbocycles. The van der Waals surface area contributed by atoms with Crippen molar-refractivity contribution in [1.29, 1.82) is 0 Å². The van der Waals surface area contributed by atoms with Crippen LogP contribution in [0, 0.1) is 0 Å². The second-order valence-electron chi connectivity index (χ2n) is 14.9. The van der Waals surface area contributed by atoms with E-state index in [1.54, 1.807) is 0 Å². The van der Waals surface area contributed by atoms with Crippen molar-refractivity contribution in [3.8, 4) is 22.5 Å². The minimum Gasteiger partial charge on any atom is -0.309 e. The zero-order valence-corrected chi connectivity index (χ0v) is 31.0. The highest BCUT2D eigenvalue weighted by Gasteiger charge is 2.48. The Morgan fingerprint density at radius 3 is 1.44 bits per heavy atom. The first kappa shape index (κ1) is 30.5. The van der Waals surface area contributed by atoms with Crippen LogP contribution in [-0.4, -0.2) is 17.2 Å². The highest BCUT2D eigenvalue weighted by Crippen LogP contribution is 2.40. The van der Waals surface area contributed by atoms with E-state index in [0.717, 1.165) is 0 Å². The summed E-state index contributed by atoms with van der Waals surface area (Å²) >= 11 is 0. The molecular formula is C52H34N2Si. The lowest BCUT2D eigenvalue weighted by Crippen LogP contribution is -2.72. The predicted octanol–water partition coefficient (Wildman–Crippen LogP) is 10.4. The van der Waals surface area contributed by atoms with Crippen LogP contribution in [0.25, 0.3) is 76.9 Å². The lowest BCUT2D eigenvalue weighted by molar-refractivity contribution is 1.17. The lowest BCUT2D eigenvalue weighted by Gasteiger charge is -2.31. The molecule has 3 heteroatoms. The minimum atomic E-state index is -2.57. The van der Waals surface area contributed by atoms with Gasteiger partial charge < -0.3 is 9.13 Å². The topological polar surface area (TPSA) is 9.86 Å². The quantitative estimate of drug-likeness (QED) is 0.161. The zero-order chi connectivity index (χ0) is 36.1. The molecule has 12 rings (SSSR count). The molecule has 0 aliphatic carbocycles. The lowest BCUT2D eigenvalue weighted by atomic mass is 10.1. The van der Waals surface area contributed by atoms with Crippen LogP contribution in [0.5, 0.6) is 0 Å². The van der Waals surface area contributed by atoms with Gasteiger partial charge in [0.1, 0.15) is 0 Å². The van der Waals surface area contributed by atoms with E-state index in [1.165, 1.54) is 97.6 Å². The van der Waals surface area contributed by atoms with E-state index in [0.29, 0.717) is 0 Å². The van der Waals surface area contributed by atoms with E-state index in [1.807, 2.05) is 0 Å². The van der Waals surface area contributed by atoms with Crippen molar-refractivity contribution in [3.63, 3.8) is 0 Å². The first-order valence-corrected chi connectivity index (χ1v) is 21.1. The molecule has 3 heterocycles. The molecule has 0 fully saturated rings. The van der Waals surface area contributed by atoms with Gasteiger partial charge in [-0.1, -0.05) is 158 Å². The fourth-order valence-electron chi connectivity index (χ4n) is 9.88. The molecule has 0 unspecified atom stereocenters. The number of hydrogen-bond donors (Lipinski definition) is 0. The molecular weight excluding hydrogens is 681 g/mol. The highest BCUT2D eigenvalue weighted by atomic mass is 28.3. The van der Waals surface area contributed by atoms with Crippen LogP contribution >= 0.6 is 0 Å². The molecule has 0 saturated heterocycles. The Morgan fingerprint density at radius 2 is 0.782 bits per heavy atom. The molecule has 55 heavy (non-hydrogen) atoms. The van der Waals surface area contributed by atoms with Crippen LogP contribution in [0.15, 0.2) is 206 Å². The first-order valence-electron chi connectivity index (χ1n) is 19.1. The second-order valence-corrected chi connectivity index (χ2v) is 18.6. The van der Waals surface area contributed by atoms with Crippen molar-refractivity contribution in [3.05, 3.63) is 206 Å². The summed E-state index contributed by atoms with van der Waals surface area (Å²) in [6, 6.07) is 77.1. The van der Waals surface area contributed by atoms with Gasteiger partial charge in [-0.3, -0.25) is 0 Å². The van der Waals surface area contributed by atoms with E-state index in [2.05, 4.69) is 215 Å². The van der Waals surface area contributed by atoms with Crippen LogP contribution in [0.4, 0.5) is 0 Å². The summed E-state index contributed by atoms with van der Waals surface area (Å²) < 4.78 is 4.93. The highest BCUT2D eigenvalue weighted by molar-refractivity contribution is 7.22. The maximum atomic E-state index is 2.48. The summed E-state index contributed by atoms with van der Waals surface area (Å²) in [7, 11) is -2.57. The largest absolute Gasteiger partial charge is 0.309 e. The zero-order valence-electron chi connectivity index (χ0n) is 30.0. The molecule has 0 bridgehead atoms. The first-order chi connectivity index (χ1) is 27.3. The molecule has 0 N–H and O–H groups in total. The van der Waals surface area contributed by atoms with Crippen LogP contribution in [-0.2, 0) is 0 Å². The van der Waals surface area contributed by atoms with E-state index in [-0.39, 0.29) is 0 Å². The fraction of sp³-hybridized carbons (Fsp3) is 0. The summed E-state index contributed by atoms with van der Waals surface area (Å²) in [5.41, 5.74) is 9.91. The third-order valence-corrected chi connectivity index (χ3v) is 17.1. The van der Waals surface area contributed by atoms with Gasteiger partial charge >= 0.3 is 0 Å². The van der Waals surface area contributed by atoms with E-state index in [9.17, 15) is 0 Å². The van der Waals surface area contributed by atoms with Gasteiger partial charge in [-0.25, -0.2) is 0 Å². The molecule has 0 saturated carbocycles. The molecule has 0 spiro atoms. The van der Waals surface area contributed by atoms with Crippen molar-refractivity contribution < 1.29 is 0 Å². The number of fused-ring (bicyclic) bond motifs is 10. The third kappa shape index (κ3) is 4.19. The molecule has 11 aromatic rings. The van der Waals surface area contributed by atoms with Gasteiger partial charge in [-0.2, -0.15) is 0 Å². The average molecular weight is 715 g/mol. The Kier molecular flexibility index (Phi) is 6.39. The minimum absolute atomic E-state index is 1.17. The normalized spacial score (nSPS) is 13.2. The van der Waals surface area contributed by atoms with Crippen molar-refractivity contribution in [2.45, 2.75) is 0 Å². The SMILES string of the molecule is c1ccc([Si]2(c3ccc(-n4c5ccccc5c5cc6c7ccccc7n(-c7ccc8ccccc8c7)c6cc54)cc3)c3ccccc3-c3ccccc32)cc1. The molecule has 0 radical (unpaired) electrons. The summed E-state index contributed by atoms with van der Waals surface area (Å²) in [5, 5.41) is 13.3. The Hall–Kier alpha value is -6.94. The number of rotatable bonds is 4. The number of aromatic nitrogens is 2. The molecule has 0 amide bonds. The Labute approximate surface area is 319 Å². The van der Waals surface area contributed by atoms with Gasteiger partial charge in [0.15, 0.2) is 8.07 Å². The van der Waals surface area contributed by atoms with Gasteiger partial charge in [0.2, 0.25) is 0 Å². The van der Waals surface area contributed by atoms with Crippen LogP contribution < -0.4 is 20.7 Å². The van der Waals surface area contributed by atoms with Gasteiger partial charge in [0, 0.05) is 32.9 Å². The summed E-state index contributed by atoms with van der Waals surface area (Å²) in [6.45, 7) is 0. The number of benzene rings is 9. The number of hydrogen-bond acceptors (Lipinski definition) is 0. The van der Waals surface area contributed by atoms with E-state index in [4.69, 9.17) is 0 Å². The fourth-order valence-corrected chi connectivity index (χ4v) is 15.0. The summed E-state index contributed by atoms with van der Waals surface area (Å²) in [6.07, 6.45) is 0. The van der Waals surface area contributed by atoms with E-state index >= 15 is 0 Å². The van der Waals surface area contributed by atoms with Gasteiger partial charge in [0.05, 0.1) is 22.1 Å². The molecule has 0 atom stereocenters. The Bertz CT molecular complexity index is 3270. The van der Waals surface area contributed by atoms with Crippen molar-refractivity contribution in [2.24, 2.45) is 0 Å². The van der Waals surface area contributed by atoms with Gasteiger partial charge in [-0.15, -0.1) is 0 Å². The standard InChI is InChI=1S/C52H34N2Si/c1-2-16-39(17-3-1)55(51-24-12-8-20-43(51)44-21-9-13-25-52(44)55)40-30-28-37(29-31-40)53-47-22-10-6-18-41(47)45-33-46-42-19-7-11-23-48(42)54(50(46)34-49(45)53)38-27-26-35-14-4-5-15-36(35)32-38/h1-34H. The summed E-state index contributed by atoms with van der Waals surface area (Å²) in [5.74, 6) is 0. The number of para-hydroxylation sites is 2. The second kappa shape index (κ2) is 11.5. The average Bonchev–Trinajstić information content (AvgIpc) is 3.87. The van der Waals surface area contributed by atoms with Gasteiger partial charge in [0.25, 0.3) is 0 Å². The third-order valence-electron chi connectivity index (χ3n) is 12.2. The van der Waals surface area contributed by atoms with Crippen LogP contribution in [0.3, 0.4) is 0 Å². The summed E-state index contributed by atoms with van der Waals surface area (Å²) in [4.78, 5) is 0. The van der Waals surface area contributed by atoms with E-state index < -0.39 is 8.07 Å². The Morgan fingerprint density at radius 1 is 0.291 bits per heavy atom. The van der Waals surface area contributed by atoms with Gasteiger partial charge in [-0.05, 0) is 91.2 Å². The smallest absolute Gasteiger partial charge is 0.180 e. The maximum Gasteiger partial charge on any atom is 0.180 e. The number of nitrogens with zero attached hydrogens (tertiary/aromatic N) is 2. The Balaban J connectivity index is 1.11. The molecule has 1 aliphatic rings. The molecule has 256 valence electrons. The predicted molar refractivity (Wildman–Crippen MR) is 235 cm³/mol. The maximum absolute atomic E-state index is 2.57. The van der Waals surface area contributed by atoms with Crippen LogP contribution in [0.1, 0.15) is 0 Å². The van der Waals surface area contributed by atoms with Crippen molar-refractivity contribution in [2.75, 3.05) is 0 Å². The molecule has 1 aliphatic heterocycles. The van der Waals surface area contributed by atoms with Crippen LogP contribution in [0.2, 0.25) is 0 Å². The molecule has 2 nitrogen and oxygen atoms in total. The monoisotopic (exact) mass is 714 g/mol. The molecule has 2 aromatic heterocycles.